The van der Waals surface area contributed by atoms with Gasteiger partial charge in [0.15, 0.2) is 0 Å². The fourth-order valence-electron chi connectivity index (χ4n) is 0.857. The number of H-pyrrole nitrogens is 1. The Morgan fingerprint density at radius 2 is 2.58 bits per heavy atom. The van der Waals surface area contributed by atoms with E-state index in [1.54, 1.807) is 11.3 Å². The molecule has 0 unspecified atom stereocenters. The minimum absolute atomic E-state index is 0.997. The standard InChI is InChI=1S/C8H8N2S2/c1-2-8(11-3-1)12-6-7-4-9-10-5-7/h1-5H,6H2,(H,9,10). The van der Waals surface area contributed by atoms with Gasteiger partial charge in [-0.15, -0.1) is 23.1 Å². The van der Waals surface area contributed by atoms with Gasteiger partial charge in [-0.05, 0) is 11.4 Å². The molecule has 62 valence electrons. The highest BCUT2D eigenvalue weighted by Crippen LogP contribution is 2.26. The molecular formula is C8H8N2S2. The molecule has 0 atom stereocenters. The van der Waals surface area contributed by atoms with Crippen molar-refractivity contribution in [3.63, 3.8) is 0 Å². The molecule has 0 saturated heterocycles. The van der Waals surface area contributed by atoms with E-state index in [2.05, 4.69) is 27.7 Å². The van der Waals surface area contributed by atoms with Crippen LogP contribution in [0.4, 0.5) is 0 Å². The van der Waals surface area contributed by atoms with Gasteiger partial charge in [0.25, 0.3) is 0 Å². The Morgan fingerprint density at radius 3 is 3.25 bits per heavy atom. The van der Waals surface area contributed by atoms with Gasteiger partial charge in [-0.2, -0.15) is 5.10 Å². The highest BCUT2D eigenvalue weighted by atomic mass is 32.2. The summed E-state index contributed by atoms with van der Waals surface area (Å²) in [6, 6.07) is 4.21. The van der Waals surface area contributed by atoms with E-state index in [-0.39, 0.29) is 0 Å². The summed E-state index contributed by atoms with van der Waals surface area (Å²) in [5.41, 5.74) is 1.24. The first-order valence-electron chi connectivity index (χ1n) is 3.59. The van der Waals surface area contributed by atoms with Crippen LogP contribution in [0.2, 0.25) is 0 Å². The average Bonchev–Trinajstić information content (AvgIpc) is 2.74. The lowest BCUT2D eigenvalue weighted by Crippen LogP contribution is -1.71. The maximum Gasteiger partial charge on any atom is 0.0601 e. The first kappa shape index (κ1) is 7.89. The van der Waals surface area contributed by atoms with Gasteiger partial charge < -0.3 is 0 Å². The van der Waals surface area contributed by atoms with Crippen LogP contribution in [-0.2, 0) is 5.75 Å². The topological polar surface area (TPSA) is 28.7 Å². The Kier molecular flexibility index (Phi) is 2.48. The molecule has 2 nitrogen and oxygen atoms in total. The summed E-state index contributed by atoms with van der Waals surface area (Å²) < 4.78 is 1.36. The number of thioether (sulfide) groups is 1. The predicted molar refractivity (Wildman–Crippen MR) is 52.5 cm³/mol. The van der Waals surface area contributed by atoms with Crippen molar-refractivity contribution < 1.29 is 0 Å². The van der Waals surface area contributed by atoms with Crippen molar-refractivity contribution in [2.45, 2.75) is 9.96 Å². The van der Waals surface area contributed by atoms with Crippen molar-refractivity contribution in [3.05, 3.63) is 35.5 Å². The largest absolute Gasteiger partial charge is 0.285 e. The molecule has 2 rings (SSSR count). The number of hydrogen-bond acceptors (Lipinski definition) is 3. The molecule has 2 heterocycles. The van der Waals surface area contributed by atoms with Gasteiger partial charge in [0, 0.05) is 17.5 Å². The monoisotopic (exact) mass is 196 g/mol. The molecule has 0 spiro atoms. The molecule has 1 N–H and O–H groups in total. The number of nitrogens with one attached hydrogen (secondary N) is 1. The molecule has 0 amide bonds. The van der Waals surface area contributed by atoms with E-state index in [1.807, 2.05) is 24.2 Å². The van der Waals surface area contributed by atoms with Crippen LogP contribution in [0.1, 0.15) is 5.56 Å². The summed E-state index contributed by atoms with van der Waals surface area (Å²) in [5.74, 6) is 0.997. The Morgan fingerprint density at radius 1 is 1.58 bits per heavy atom. The third kappa shape index (κ3) is 1.89. The van der Waals surface area contributed by atoms with E-state index in [1.165, 1.54) is 9.77 Å². The quantitative estimate of drug-likeness (QED) is 0.765. The zero-order chi connectivity index (χ0) is 8.23. The highest BCUT2D eigenvalue weighted by molar-refractivity contribution is 8.00. The second-order valence-electron chi connectivity index (χ2n) is 2.33. The number of nitrogens with zero attached hydrogens (tertiary/aromatic N) is 1. The van der Waals surface area contributed by atoms with Crippen LogP contribution in [0.15, 0.2) is 34.1 Å². The molecule has 0 aromatic carbocycles. The lowest BCUT2D eigenvalue weighted by Gasteiger charge is -1.92. The van der Waals surface area contributed by atoms with Gasteiger partial charge in [0.1, 0.15) is 0 Å². The van der Waals surface area contributed by atoms with Gasteiger partial charge in [0.2, 0.25) is 0 Å². The van der Waals surface area contributed by atoms with Gasteiger partial charge >= 0.3 is 0 Å². The zero-order valence-electron chi connectivity index (χ0n) is 6.36. The van der Waals surface area contributed by atoms with E-state index in [4.69, 9.17) is 0 Å². The number of aromatic nitrogens is 2. The fourth-order valence-corrected chi connectivity index (χ4v) is 2.56. The second-order valence-corrected chi connectivity index (χ2v) is 4.55. The van der Waals surface area contributed by atoms with E-state index in [0.29, 0.717) is 0 Å². The maximum atomic E-state index is 3.89. The molecule has 0 bridgehead atoms. The molecule has 0 aliphatic carbocycles. The molecule has 0 saturated carbocycles. The SMILES string of the molecule is c1csc(SCc2cn[nH]c2)c1. The fraction of sp³-hybridized carbons (Fsp3) is 0.125. The summed E-state index contributed by atoms with van der Waals surface area (Å²) >= 11 is 3.62. The Balaban J connectivity index is 1.91. The van der Waals surface area contributed by atoms with Gasteiger partial charge in [-0.25, -0.2) is 0 Å². The van der Waals surface area contributed by atoms with E-state index < -0.39 is 0 Å². The van der Waals surface area contributed by atoms with Crippen LogP contribution in [-0.4, -0.2) is 10.2 Å². The van der Waals surface area contributed by atoms with Gasteiger partial charge in [-0.3, -0.25) is 5.10 Å². The number of hydrogen-bond donors (Lipinski definition) is 1. The zero-order valence-corrected chi connectivity index (χ0v) is 7.99. The predicted octanol–water partition coefficient (Wildman–Crippen LogP) is 2.76. The molecule has 0 aliphatic rings. The second kappa shape index (κ2) is 3.78. The van der Waals surface area contributed by atoms with Crippen molar-refractivity contribution in [2.75, 3.05) is 0 Å². The lowest BCUT2D eigenvalue weighted by atomic mass is 10.4. The molecule has 2 aromatic rings. The van der Waals surface area contributed by atoms with Crippen molar-refractivity contribution in [2.24, 2.45) is 0 Å². The smallest absolute Gasteiger partial charge is 0.0601 e. The average molecular weight is 196 g/mol. The minimum atomic E-state index is 0.997. The number of thiophene rings is 1. The van der Waals surface area contributed by atoms with Crippen LogP contribution >= 0.6 is 23.1 Å². The molecule has 0 aliphatic heterocycles. The third-order valence-electron chi connectivity index (χ3n) is 1.43. The van der Waals surface area contributed by atoms with Crippen LogP contribution < -0.4 is 0 Å². The van der Waals surface area contributed by atoms with Crippen LogP contribution in [0.5, 0.6) is 0 Å². The first-order valence-corrected chi connectivity index (χ1v) is 5.45. The molecule has 0 fully saturated rings. The van der Waals surface area contributed by atoms with Crippen LogP contribution in [0.25, 0.3) is 0 Å². The Labute approximate surface area is 79.0 Å². The molecular weight excluding hydrogens is 188 g/mol. The van der Waals surface area contributed by atoms with E-state index >= 15 is 0 Å². The summed E-state index contributed by atoms with van der Waals surface area (Å²) in [7, 11) is 0. The molecule has 4 heteroatoms. The summed E-state index contributed by atoms with van der Waals surface area (Å²) in [6.45, 7) is 0. The summed E-state index contributed by atoms with van der Waals surface area (Å²) in [6.07, 6.45) is 3.79. The molecule has 0 radical (unpaired) electrons. The number of rotatable bonds is 3. The third-order valence-corrected chi connectivity index (χ3v) is 3.63. The van der Waals surface area contributed by atoms with Crippen molar-refractivity contribution >= 4 is 23.1 Å². The van der Waals surface area contributed by atoms with E-state index in [0.717, 1.165) is 5.75 Å². The number of aromatic amines is 1. The van der Waals surface area contributed by atoms with Crippen molar-refractivity contribution in [1.29, 1.82) is 0 Å². The lowest BCUT2D eigenvalue weighted by molar-refractivity contribution is 1.09. The Hall–Kier alpha value is -0.740. The van der Waals surface area contributed by atoms with Crippen LogP contribution in [0.3, 0.4) is 0 Å². The molecule has 2 aromatic heterocycles. The van der Waals surface area contributed by atoms with Gasteiger partial charge in [-0.1, -0.05) is 6.07 Å². The molecule has 12 heavy (non-hydrogen) atoms. The van der Waals surface area contributed by atoms with Crippen LogP contribution in [0, 0.1) is 0 Å². The normalized spacial score (nSPS) is 10.3. The van der Waals surface area contributed by atoms with Gasteiger partial charge in [0.05, 0.1) is 10.4 Å². The first-order chi connectivity index (χ1) is 5.95. The summed E-state index contributed by atoms with van der Waals surface area (Å²) in [5, 5.41) is 8.78. The van der Waals surface area contributed by atoms with E-state index in [9.17, 15) is 0 Å². The Bertz CT molecular complexity index is 278. The minimum Gasteiger partial charge on any atom is -0.285 e. The highest BCUT2D eigenvalue weighted by Gasteiger charge is 1.96. The summed E-state index contributed by atoms with van der Waals surface area (Å²) in [4.78, 5) is 0. The van der Waals surface area contributed by atoms with Crippen molar-refractivity contribution in [1.82, 2.24) is 10.2 Å². The maximum absolute atomic E-state index is 3.89. The van der Waals surface area contributed by atoms with Crippen molar-refractivity contribution in [3.8, 4) is 0 Å².